The first kappa shape index (κ1) is 14.0. The van der Waals surface area contributed by atoms with Crippen LogP contribution in [0.3, 0.4) is 0 Å². The molecule has 1 aliphatic rings. The Morgan fingerprint density at radius 1 is 1.37 bits per heavy atom. The van der Waals surface area contributed by atoms with Gasteiger partial charge >= 0.3 is 0 Å². The summed E-state index contributed by atoms with van der Waals surface area (Å²) in [6.07, 6.45) is 5.50. The maximum Gasteiger partial charge on any atom is 0.0825 e. The average Bonchev–Trinajstić information content (AvgIpc) is 2.47. The van der Waals surface area contributed by atoms with Crippen LogP contribution in [-0.4, -0.2) is 18.2 Å². The summed E-state index contributed by atoms with van der Waals surface area (Å²) in [6.45, 7) is 7.82. The van der Waals surface area contributed by atoms with Crippen molar-refractivity contribution in [3.8, 4) is 0 Å². The lowest BCUT2D eigenvalue weighted by molar-refractivity contribution is 0.0887. The van der Waals surface area contributed by atoms with E-state index in [-0.39, 0.29) is 6.10 Å². The second kappa shape index (κ2) is 6.69. The van der Waals surface area contributed by atoms with Gasteiger partial charge in [0.25, 0.3) is 0 Å². The van der Waals surface area contributed by atoms with Crippen molar-refractivity contribution < 1.29 is 5.11 Å². The van der Waals surface area contributed by atoms with Crippen LogP contribution in [0.1, 0.15) is 37.0 Å². The molecule has 1 heterocycles. The maximum atomic E-state index is 10.7. The predicted molar refractivity (Wildman–Crippen MR) is 80.8 cm³/mol. The van der Waals surface area contributed by atoms with Crippen LogP contribution in [0.2, 0.25) is 0 Å². The zero-order valence-electron chi connectivity index (χ0n) is 11.6. The second-order valence-electron chi connectivity index (χ2n) is 5.20. The lowest BCUT2D eigenvalue weighted by Gasteiger charge is -2.28. The summed E-state index contributed by atoms with van der Waals surface area (Å²) in [5.41, 5.74) is 3.33. The third-order valence-electron chi connectivity index (χ3n) is 3.90. The van der Waals surface area contributed by atoms with Crippen molar-refractivity contribution >= 4 is 5.57 Å². The van der Waals surface area contributed by atoms with Crippen molar-refractivity contribution in [3.63, 3.8) is 0 Å². The Balaban J connectivity index is 2.28. The molecule has 102 valence electrons. The fourth-order valence-electron chi connectivity index (χ4n) is 2.79. The van der Waals surface area contributed by atoms with Gasteiger partial charge in [0.05, 0.1) is 6.10 Å². The van der Waals surface area contributed by atoms with Crippen molar-refractivity contribution in [2.45, 2.75) is 25.9 Å². The molecule has 0 saturated carbocycles. The average molecular weight is 257 g/mol. The van der Waals surface area contributed by atoms with E-state index >= 15 is 0 Å². The molecule has 0 spiro atoms. The first-order valence-electron chi connectivity index (χ1n) is 7.01. The minimum Gasteiger partial charge on any atom is -0.388 e. The Kier molecular flexibility index (Phi) is 4.94. The molecule has 1 saturated heterocycles. The molecule has 1 aliphatic heterocycles. The topological polar surface area (TPSA) is 32.3 Å². The van der Waals surface area contributed by atoms with Crippen LogP contribution >= 0.6 is 0 Å². The molecule has 1 aromatic rings. The molecule has 0 bridgehead atoms. The van der Waals surface area contributed by atoms with Gasteiger partial charge in [-0.25, -0.2) is 0 Å². The third-order valence-corrected chi connectivity index (χ3v) is 3.90. The quantitative estimate of drug-likeness (QED) is 0.811. The van der Waals surface area contributed by atoms with Gasteiger partial charge in [0.1, 0.15) is 0 Å². The van der Waals surface area contributed by atoms with Crippen LogP contribution in [0.15, 0.2) is 43.0 Å². The van der Waals surface area contributed by atoms with E-state index in [0.29, 0.717) is 5.92 Å². The Bertz CT molecular complexity index is 458. The summed E-state index contributed by atoms with van der Waals surface area (Å²) in [5, 5.41) is 14.0. The van der Waals surface area contributed by atoms with Gasteiger partial charge in [0, 0.05) is 0 Å². The SMILES string of the molecule is C=C/C=C(\C)c1ccccc1[C@H](O)C1CCNCC1. The summed E-state index contributed by atoms with van der Waals surface area (Å²) in [7, 11) is 0. The molecular formula is C17H23NO. The number of hydrogen-bond donors (Lipinski definition) is 2. The highest BCUT2D eigenvalue weighted by molar-refractivity contribution is 5.68. The molecule has 1 aromatic carbocycles. The lowest BCUT2D eigenvalue weighted by atomic mass is 9.85. The van der Waals surface area contributed by atoms with Crippen molar-refractivity contribution in [1.82, 2.24) is 5.32 Å². The maximum absolute atomic E-state index is 10.7. The van der Waals surface area contributed by atoms with Gasteiger partial charge in [-0.3, -0.25) is 0 Å². The second-order valence-corrected chi connectivity index (χ2v) is 5.20. The Hall–Kier alpha value is -1.38. The van der Waals surface area contributed by atoms with Gasteiger partial charge in [-0.05, 0) is 55.5 Å². The Morgan fingerprint density at radius 3 is 2.74 bits per heavy atom. The molecule has 1 atom stereocenters. The molecule has 0 aliphatic carbocycles. The van der Waals surface area contributed by atoms with Crippen LogP contribution in [0.4, 0.5) is 0 Å². The number of aliphatic hydroxyl groups is 1. The van der Waals surface area contributed by atoms with Gasteiger partial charge < -0.3 is 10.4 Å². The van der Waals surface area contributed by atoms with E-state index in [0.717, 1.165) is 42.6 Å². The molecule has 2 rings (SSSR count). The monoisotopic (exact) mass is 257 g/mol. The molecule has 0 aromatic heterocycles. The number of nitrogens with one attached hydrogen (secondary N) is 1. The van der Waals surface area contributed by atoms with E-state index in [1.54, 1.807) is 6.08 Å². The first-order chi connectivity index (χ1) is 9.24. The smallest absolute Gasteiger partial charge is 0.0825 e. The van der Waals surface area contributed by atoms with Crippen molar-refractivity contribution in [3.05, 3.63) is 54.1 Å². The molecule has 0 radical (unpaired) electrons. The zero-order valence-corrected chi connectivity index (χ0v) is 11.6. The summed E-state index contributed by atoms with van der Waals surface area (Å²) >= 11 is 0. The van der Waals surface area contributed by atoms with Crippen LogP contribution < -0.4 is 5.32 Å². The standard InChI is InChI=1S/C17H23NO/c1-3-6-13(2)15-7-4-5-8-16(15)17(19)14-9-11-18-12-10-14/h3-8,14,17-19H,1,9-12H2,2H3/b13-6+/t17-/m1/s1. The number of allylic oxidation sites excluding steroid dienone is 3. The van der Waals surface area contributed by atoms with Crippen molar-refractivity contribution in [2.75, 3.05) is 13.1 Å². The highest BCUT2D eigenvalue weighted by Gasteiger charge is 2.24. The van der Waals surface area contributed by atoms with Gasteiger partial charge in [-0.2, -0.15) is 0 Å². The van der Waals surface area contributed by atoms with E-state index < -0.39 is 0 Å². The van der Waals surface area contributed by atoms with Crippen molar-refractivity contribution in [2.24, 2.45) is 5.92 Å². The van der Waals surface area contributed by atoms with Crippen LogP contribution in [-0.2, 0) is 0 Å². The highest BCUT2D eigenvalue weighted by Crippen LogP contribution is 2.33. The van der Waals surface area contributed by atoms with Gasteiger partial charge in [-0.1, -0.05) is 43.0 Å². The summed E-state index contributed by atoms with van der Waals surface area (Å²) < 4.78 is 0. The van der Waals surface area contributed by atoms with Gasteiger partial charge in [0.15, 0.2) is 0 Å². The van der Waals surface area contributed by atoms with E-state index in [1.807, 2.05) is 24.3 Å². The number of aliphatic hydroxyl groups excluding tert-OH is 1. The Labute approximate surface area is 115 Å². The first-order valence-corrected chi connectivity index (χ1v) is 7.01. The molecule has 2 nitrogen and oxygen atoms in total. The fraction of sp³-hybridized carbons (Fsp3) is 0.412. The normalized spacial score (nSPS) is 19.2. The predicted octanol–water partition coefficient (Wildman–Crippen LogP) is 3.31. The number of benzene rings is 1. The highest BCUT2D eigenvalue weighted by atomic mass is 16.3. The zero-order chi connectivity index (χ0) is 13.7. The van der Waals surface area contributed by atoms with Crippen LogP contribution in [0.5, 0.6) is 0 Å². The van der Waals surface area contributed by atoms with E-state index in [1.165, 1.54) is 0 Å². The van der Waals surface area contributed by atoms with E-state index in [4.69, 9.17) is 0 Å². The minimum atomic E-state index is -0.369. The van der Waals surface area contributed by atoms with Gasteiger partial charge in [0.2, 0.25) is 0 Å². The summed E-state index contributed by atoms with van der Waals surface area (Å²) in [5.74, 6) is 0.360. The Morgan fingerprint density at radius 2 is 2.05 bits per heavy atom. The van der Waals surface area contributed by atoms with Crippen LogP contribution in [0.25, 0.3) is 5.57 Å². The van der Waals surface area contributed by atoms with E-state index in [2.05, 4.69) is 24.9 Å². The van der Waals surface area contributed by atoms with E-state index in [9.17, 15) is 5.11 Å². The number of hydrogen-bond acceptors (Lipinski definition) is 2. The molecule has 2 heteroatoms. The molecular weight excluding hydrogens is 234 g/mol. The van der Waals surface area contributed by atoms with Crippen LogP contribution in [0, 0.1) is 5.92 Å². The van der Waals surface area contributed by atoms with Gasteiger partial charge in [-0.15, -0.1) is 0 Å². The molecule has 1 fully saturated rings. The fourth-order valence-corrected chi connectivity index (χ4v) is 2.79. The third kappa shape index (κ3) is 3.34. The number of piperidine rings is 1. The molecule has 19 heavy (non-hydrogen) atoms. The van der Waals surface area contributed by atoms with Crippen molar-refractivity contribution in [1.29, 1.82) is 0 Å². The lowest BCUT2D eigenvalue weighted by Crippen LogP contribution is -2.31. The number of rotatable bonds is 4. The molecule has 2 N–H and O–H groups in total. The molecule has 0 unspecified atom stereocenters. The summed E-state index contributed by atoms with van der Waals surface area (Å²) in [6, 6.07) is 8.15. The molecule has 0 amide bonds. The largest absolute Gasteiger partial charge is 0.388 e. The summed E-state index contributed by atoms with van der Waals surface area (Å²) in [4.78, 5) is 0. The minimum absolute atomic E-state index is 0.360.